The van der Waals surface area contributed by atoms with Gasteiger partial charge in [0.2, 0.25) is 5.78 Å². The van der Waals surface area contributed by atoms with Gasteiger partial charge in [-0.05, 0) is 38.1 Å². The van der Waals surface area contributed by atoms with Gasteiger partial charge in [0, 0.05) is 23.0 Å². The Balaban J connectivity index is 1.76. The standard InChI is InChI=1S/C19H15FN2O5S/c1-11-9-13(12(2)21(11)15-6-4-3-5-14(15)20)16(23)10-27-19(24)17-7-8-18(28-17)22(25)26/h3-9H,10H2,1-2H3. The number of hydrogen-bond acceptors (Lipinski definition) is 6. The van der Waals surface area contributed by atoms with Gasteiger partial charge in [0.05, 0.1) is 10.6 Å². The molecule has 0 N–H and O–H groups in total. The number of hydrogen-bond donors (Lipinski definition) is 0. The molecule has 9 heteroatoms. The Labute approximate surface area is 163 Å². The first kappa shape index (κ1) is 19.4. The molecule has 0 bridgehead atoms. The number of carbonyl (C=O) groups excluding carboxylic acids is 2. The minimum absolute atomic E-state index is 0.0383. The number of Topliss-reactive ketones (excluding diaryl/α,β-unsaturated/α-hetero) is 1. The van der Waals surface area contributed by atoms with Gasteiger partial charge in [0.1, 0.15) is 10.7 Å². The number of aromatic nitrogens is 1. The van der Waals surface area contributed by atoms with E-state index in [1.165, 1.54) is 18.2 Å². The maximum Gasteiger partial charge on any atom is 0.349 e. The SMILES string of the molecule is Cc1cc(C(=O)COC(=O)c2ccc([N+](=O)[O-])s2)c(C)n1-c1ccccc1F. The fourth-order valence-electron chi connectivity index (χ4n) is 2.86. The molecule has 0 amide bonds. The molecular weight excluding hydrogens is 387 g/mol. The summed E-state index contributed by atoms with van der Waals surface area (Å²) in [5, 5.41) is 10.5. The van der Waals surface area contributed by atoms with Crippen LogP contribution in [-0.2, 0) is 4.74 Å². The third-order valence-electron chi connectivity index (χ3n) is 4.13. The summed E-state index contributed by atoms with van der Waals surface area (Å²) >= 11 is 0.674. The summed E-state index contributed by atoms with van der Waals surface area (Å²) in [6, 6.07) is 10.3. The molecule has 0 aliphatic heterocycles. The number of esters is 1. The number of benzene rings is 1. The molecular formula is C19H15FN2O5S. The highest BCUT2D eigenvalue weighted by Crippen LogP contribution is 2.25. The average Bonchev–Trinajstić information content (AvgIpc) is 3.26. The predicted octanol–water partition coefficient (Wildman–Crippen LogP) is 4.24. The third kappa shape index (κ3) is 3.70. The van der Waals surface area contributed by atoms with Crippen molar-refractivity contribution in [2.45, 2.75) is 13.8 Å². The molecule has 0 fully saturated rings. The highest BCUT2D eigenvalue weighted by atomic mass is 32.1. The van der Waals surface area contributed by atoms with Gasteiger partial charge in [-0.1, -0.05) is 23.5 Å². The molecule has 0 saturated carbocycles. The molecule has 0 aliphatic rings. The van der Waals surface area contributed by atoms with Crippen LogP contribution < -0.4 is 0 Å². The summed E-state index contributed by atoms with van der Waals surface area (Å²) in [6.45, 7) is 2.90. The molecule has 28 heavy (non-hydrogen) atoms. The number of aryl methyl sites for hydroxylation is 1. The average molecular weight is 402 g/mol. The van der Waals surface area contributed by atoms with Crippen molar-refractivity contribution in [1.29, 1.82) is 0 Å². The van der Waals surface area contributed by atoms with Crippen molar-refractivity contribution in [3.63, 3.8) is 0 Å². The Morgan fingerprint density at radius 2 is 1.93 bits per heavy atom. The molecule has 0 spiro atoms. The molecule has 0 aliphatic carbocycles. The van der Waals surface area contributed by atoms with Crippen LogP contribution in [0.15, 0.2) is 42.5 Å². The first-order valence-corrected chi connectivity index (χ1v) is 8.99. The van der Waals surface area contributed by atoms with Crippen molar-refractivity contribution in [2.75, 3.05) is 6.61 Å². The van der Waals surface area contributed by atoms with Gasteiger partial charge in [-0.25, -0.2) is 9.18 Å². The topological polar surface area (TPSA) is 91.4 Å². The zero-order valence-electron chi connectivity index (χ0n) is 15.0. The number of ketones is 1. The van der Waals surface area contributed by atoms with Crippen LogP contribution in [-0.4, -0.2) is 27.8 Å². The van der Waals surface area contributed by atoms with E-state index in [1.54, 1.807) is 42.7 Å². The zero-order valence-corrected chi connectivity index (χ0v) is 15.8. The maximum absolute atomic E-state index is 14.1. The van der Waals surface area contributed by atoms with Crippen molar-refractivity contribution in [2.24, 2.45) is 0 Å². The van der Waals surface area contributed by atoms with Crippen LogP contribution in [0.4, 0.5) is 9.39 Å². The molecule has 0 atom stereocenters. The van der Waals surface area contributed by atoms with Crippen LogP contribution in [0.1, 0.15) is 31.4 Å². The number of carbonyl (C=O) groups is 2. The number of nitrogens with zero attached hydrogens (tertiary/aromatic N) is 2. The molecule has 2 aromatic heterocycles. The van der Waals surface area contributed by atoms with E-state index in [0.717, 1.165) is 0 Å². The fourth-order valence-corrected chi connectivity index (χ4v) is 3.58. The van der Waals surface area contributed by atoms with Crippen molar-refractivity contribution in [3.8, 4) is 5.69 Å². The molecule has 0 unspecified atom stereocenters. The second kappa shape index (κ2) is 7.73. The summed E-state index contributed by atoms with van der Waals surface area (Å²) in [5.41, 5.74) is 1.81. The predicted molar refractivity (Wildman–Crippen MR) is 101 cm³/mol. The monoisotopic (exact) mass is 402 g/mol. The molecule has 2 heterocycles. The van der Waals surface area contributed by atoms with Gasteiger partial charge >= 0.3 is 11.0 Å². The van der Waals surface area contributed by atoms with Crippen molar-refractivity contribution in [3.05, 3.63) is 80.2 Å². The minimum Gasteiger partial charge on any atom is -0.453 e. The Bertz CT molecular complexity index is 1090. The van der Waals surface area contributed by atoms with E-state index in [-0.39, 0.29) is 9.88 Å². The first-order valence-electron chi connectivity index (χ1n) is 8.18. The Morgan fingerprint density at radius 1 is 1.21 bits per heavy atom. The van der Waals surface area contributed by atoms with Crippen molar-refractivity contribution < 1.29 is 23.6 Å². The van der Waals surface area contributed by atoms with Crippen LogP contribution >= 0.6 is 11.3 Å². The van der Waals surface area contributed by atoms with E-state index in [2.05, 4.69) is 0 Å². The largest absolute Gasteiger partial charge is 0.453 e. The smallest absolute Gasteiger partial charge is 0.349 e. The summed E-state index contributed by atoms with van der Waals surface area (Å²) < 4.78 is 20.7. The van der Waals surface area contributed by atoms with Crippen LogP contribution in [0.2, 0.25) is 0 Å². The lowest BCUT2D eigenvalue weighted by molar-refractivity contribution is -0.380. The quantitative estimate of drug-likeness (QED) is 0.266. The summed E-state index contributed by atoms with van der Waals surface area (Å²) in [6.07, 6.45) is 0. The van der Waals surface area contributed by atoms with E-state index in [4.69, 9.17) is 4.74 Å². The number of ether oxygens (including phenoxy) is 1. The minimum atomic E-state index is -0.811. The molecule has 3 rings (SSSR count). The van der Waals surface area contributed by atoms with E-state index >= 15 is 0 Å². The van der Waals surface area contributed by atoms with E-state index in [0.29, 0.717) is 34.0 Å². The van der Waals surface area contributed by atoms with Gasteiger partial charge in [-0.2, -0.15) is 0 Å². The summed E-state index contributed by atoms with van der Waals surface area (Å²) in [5.74, 6) is -1.68. The Morgan fingerprint density at radius 3 is 2.57 bits per heavy atom. The number of rotatable bonds is 6. The van der Waals surface area contributed by atoms with Gasteiger partial charge in [0.25, 0.3) is 0 Å². The van der Waals surface area contributed by atoms with Crippen LogP contribution in [0.3, 0.4) is 0 Å². The van der Waals surface area contributed by atoms with Gasteiger partial charge in [-0.3, -0.25) is 14.9 Å². The third-order valence-corrected chi connectivity index (χ3v) is 5.15. The second-order valence-corrected chi connectivity index (χ2v) is 7.03. The number of para-hydroxylation sites is 1. The van der Waals surface area contributed by atoms with E-state index in [9.17, 15) is 24.1 Å². The lowest BCUT2D eigenvalue weighted by Crippen LogP contribution is -2.14. The molecule has 1 aromatic carbocycles. The molecule has 0 saturated heterocycles. The Kier molecular flexibility index (Phi) is 5.36. The van der Waals surface area contributed by atoms with Crippen LogP contribution in [0.25, 0.3) is 5.69 Å². The molecule has 7 nitrogen and oxygen atoms in total. The van der Waals surface area contributed by atoms with Crippen LogP contribution in [0.5, 0.6) is 0 Å². The van der Waals surface area contributed by atoms with Crippen molar-refractivity contribution in [1.82, 2.24) is 4.57 Å². The highest BCUT2D eigenvalue weighted by molar-refractivity contribution is 7.17. The van der Waals surface area contributed by atoms with E-state index < -0.39 is 29.1 Å². The van der Waals surface area contributed by atoms with E-state index in [1.807, 2.05) is 0 Å². The number of thiophene rings is 1. The lowest BCUT2D eigenvalue weighted by Gasteiger charge is -2.10. The van der Waals surface area contributed by atoms with Gasteiger partial charge < -0.3 is 9.30 Å². The van der Waals surface area contributed by atoms with Gasteiger partial charge in [0.15, 0.2) is 6.61 Å². The normalized spacial score (nSPS) is 10.7. The Hall–Kier alpha value is -3.33. The zero-order chi connectivity index (χ0) is 20.4. The molecule has 3 aromatic rings. The second-order valence-electron chi connectivity index (χ2n) is 5.97. The van der Waals surface area contributed by atoms with Gasteiger partial charge in [-0.15, -0.1) is 0 Å². The van der Waals surface area contributed by atoms with Crippen LogP contribution in [0, 0.1) is 29.8 Å². The lowest BCUT2D eigenvalue weighted by atomic mass is 10.1. The van der Waals surface area contributed by atoms with Crippen molar-refractivity contribution >= 4 is 28.1 Å². The summed E-state index contributed by atoms with van der Waals surface area (Å²) in [7, 11) is 0. The fraction of sp³-hybridized carbons (Fsp3) is 0.158. The number of halogens is 1. The first-order chi connectivity index (χ1) is 13.3. The summed E-state index contributed by atoms with van der Waals surface area (Å²) in [4.78, 5) is 34.6. The molecule has 144 valence electrons. The molecule has 0 radical (unpaired) electrons. The maximum atomic E-state index is 14.1. The number of nitro groups is 1. The highest BCUT2D eigenvalue weighted by Gasteiger charge is 2.21.